The molecule has 1 aliphatic carbocycles. The fourth-order valence-corrected chi connectivity index (χ4v) is 4.92. The van der Waals surface area contributed by atoms with Crippen molar-refractivity contribution >= 4 is 17.8 Å². The molecule has 2 amide bonds. The highest BCUT2D eigenvalue weighted by atomic mass is 16.6. The summed E-state index contributed by atoms with van der Waals surface area (Å²) in [6.07, 6.45) is 10.0. The first-order valence-corrected chi connectivity index (χ1v) is 13.8. The Morgan fingerprint density at radius 2 is 1.60 bits per heavy atom. The van der Waals surface area contributed by atoms with E-state index in [1.807, 2.05) is 37.8 Å². The number of rotatable bonds is 8. The van der Waals surface area contributed by atoms with Gasteiger partial charge in [0.05, 0.1) is 11.3 Å². The molecular formula is C30H35N5O5. The maximum Gasteiger partial charge on any atom is 0.410 e. The number of oxazole rings is 1. The first-order valence-electron chi connectivity index (χ1n) is 13.8. The van der Waals surface area contributed by atoms with Gasteiger partial charge in [-0.3, -0.25) is 9.59 Å². The lowest BCUT2D eigenvalue weighted by Gasteiger charge is -2.39. The summed E-state index contributed by atoms with van der Waals surface area (Å²) in [4.78, 5) is 55.2. The molecule has 3 heterocycles. The van der Waals surface area contributed by atoms with Gasteiger partial charge in [-0.25, -0.2) is 19.7 Å². The Morgan fingerprint density at radius 3 is 2.17 bits per heavy atom. The van der Waals surface area contributed by atoms with Crippen LogP contribution in [0.25, 0.3) is 11.4 Å². The molecular weight excluding hydrogens is 510 g/mol. The second kappa shape index (κ2) is 11.6. The van der Waals surface area contributed by atoms with E-state index in [1.165, 1.54) is 6.39 Å². The summed E-state index contributed by atoms with van der Waals surface area (Å²) in [5.41, 5.74) is 2.04. The van der Waals surface area contributed by atoms with Crippen molar-refractivity contribution in [2.45, 2.75) is 77.0 Å². The minimum atomic E-state index is -0.533. The molecule has 1 saturated carbocycles. The van der Waals surface area contributed by atoms with Crippen molar-refractivity contribution < 1.29 is 23.5 Å². The van der Waals surface area contributed by atoms with Gasteiger partial charge in [-0.2, -0.15) is 0 Å². The van der Waals surface area contributed by atoms with Gasteiger partial charge in [0.1, 0.15) is 11.9 Å². The molecule has 0 radical (unpaired) electrons. The zero-order valence-corrected chi connectivity index (χ0v) is 23.2. The van der Waals surface area contributed by atoms with E-state index in [0.29, 0.717) is 55.7 Å². The number of benzene rings is 1. The summed E-state index contributed by atoms with van der Waals surface area (Å²) in [7, 11) is 0. The molecule has 10 heteroatoms. The van der Waals surface area contributed by atoms with Gasteiger partial charge >= 0.3 is 6.09 Å². The molecule has 210 valence electrons. The first-order chi connectivity index (χ1) is 19.2. The normalized spacial score (nSPS) is 16.0. The lowest BCUT2D eigenvalue weighted by atomic mass is 10.0. The van der Waals surface area contributed by atoms with Crippen molar-refractivity contribution in [3.8, 4) is 11.4 Å². The van der Waals surface area contributed by atoms with Crippen LogP contribution in [0.2, 0.25) is 0 Å². The Hall–Kier alpha value is -4.08. The second-order valence-corrected chi connectivity index (χ2v) is 11.4. The smallest absolute Gasteiger partial charge is 0.410 e. The van der Waals surface area contributed by atoms with Crippen molar-refractivity contribution in [3.63, 3.8) is 0 Å². The number of carbonyl (C=O) groups is 3. The van der Waals surface area contributed by atoms with Crippen LogP contribution in [0.4, 0.5) is 4.79 Å². The molecule has 1 saturated heterocycles. The van der Waals surface area contributed by atoms with Crippen LogP contribution in [-0.2, 0) is 11.2 Å². The molecule has 1 aromatic carbocycles. The molecule has 1 aliphatic heterocycles. The van der Waals surface area contributed by atoms with E-state index >= 15 is 0 Å². The van der Waals surface area contributed by atoms with Crippen LogP contribution < -0.4 is 0 Å². The Balaban J connectivity index is 1.19. The molecule has 10 nitrogen and oxygen atoms in total. The lowest BCUT2D eigenvalue weighted by molar-refractivity contribution is 0.0142. The summed E-state index contributed by atoms with van der Waals surface area (Å²) in [6.45, 7) is 6.70. The lowest BCUT2D eigenvalue weighted by Crippen LogP contribution is -2.50. The van der Waals surface area contributed by atoms with Gasteiger partial charge in [-0.15, -0.1) is 0 Å². The van der Waals surface area contributed by atoms with Crippen LogP contribution in [0, 0.1) is 0 Å². The maximum atomic E-state index is 13.5. The summed E-state index contributed by atoms with van der Waals surface area (Å²) < 4.78 is 10.5. The van der Waals surface area contributed by atoms with E-state index in [2.05, 4.69) is 15.0 Å². The quantitative estimate of drug-likeness (QED) is 0.365. The van der Waals surface area contributed by atoms with Crippen LogP contribution in [-0.4, -0.2) is 73.3 Å². The second-order valence-electron chi connectivity index (χ2n) is 11.4. The number of aryl methyl sites for hydroxylation is 1. The average Bonchev–Trinajstić information content (AvgIpc) is 3.64. The van der Waals surface area contributed by atoms with Crippen molar-refractivity contribution in [1.29, 1.82) is 0 Å². The van der Waals surface area contributed by atoms with Crippen LogP contribution in [0.5, 0.6) is 0 Å². The van der Waals surface area contributed by atoms with E-state index in [9.17, 15) is 14.4 Å². The Bertz CT molecular complexity index is 1320. The van der Waals surface area contributed by atoms with E-state index < -0.39 is 5.60 Å². The summed E-state index contributed by atoms with van der Waals surface area (Å²) in [6, 6.07) is 7.44. The Morgan fingerprint density at radius 1 is 0.950 bits per heavy atom. The number of likely N-dealkylation sites (tertiary alicyclic amines) is 1. The molecule has 40 heavy (non-hydrogen) atoms. The van der Waals surface area contributed by atoms with Crippen molar-refractivity contribution in [3.05, 3.63) is 66.1 Å². The number of hydrogen-bond acceptors (Lipinski definition) is 8. The van der Waals surface area contributed by atoms with Crippen LogP contribution in [0.15, 0.2) is 53.7 Å². The first kappa shape index (κ1) is 27.5. The fourth-order valence-electron chi connectivity index (χ4n) is 4.92. The standard InChI is InChI=1S/C30H35N5O5/c1-30(2,3)40-29(38)34-14-12-25(13-15-34)35(24-9-10-24)28(37)22-16-31-27(32-17-22)21-6-4-20(5-7-21)26(36)11-8-23-18-39-19-33-23/h4-7,16-19,24-25H,8-15H2,1-3H3. The molecule has 2 aromatic heterocycles. The average molecular weight is 546 g/mol. The zero-order valence-electron chi connectivity index (χ0n) is 23.2. The highest BCUT2D eigenvalue weighted by molar-refractivity contribution is 5.96. The number of Topliss-reactive ketones (excluding diaryl/α,β-unsaturated/α-hetero) is 1. The molecule has 0 spiro atoms. The minimum absolute atomic E-state index is 0.0218. The highest BCUT2D eigenvalue weighted by Crippen LogP contribution is 2.33. The van der Waals surface area contributed by atoms with E-state index in [0.717, 1.165) is 24.1 Å². The van der Waals surface area contributed by atoms with Crippen molar-refractivity contribution in [1.82, 2.24) is 24.8 Å². The molecule has 5 rings (SSSR count). The predicted molar refractivity (Wildman–Crippen MR) is 147 cm³/mol. The SMILES string of the molecule is CC(C)(C)OC(=O)N1CCC(N(C(=O)c2cnc(-c3ccc(C(=O)CCc4cocn4)cc3)nc2)C2CC2)CC1. The predicted octanol–water partition coefficient (Wildman–Crippen LogP) is 4.95. The van der Waals surface area contributed by atoms with Crippen LogP contribution in [0.3, 0.4) is 0 Å². The number of ether oxygens (including phenoxy) is 1. The number of carbonyl (C=O) groups excluding carboxylic acids is 3. The number of ketones is 1. The van der Waals surface area contributed by atoms with Crippen LogP contribution >= 0.6 is 0 Å². The number of hydrogen-bond donors (Lipinski definition) is 0. The fraction of sp³-hybridized carbons (Fsp3) is 0.467. The molecule has 0 N–H and O–H groups in total. The van der Waals surface area contributed by atoms with Gasteiger partial charge in [0, 0.05) is 61.5 Å². The summed E-state index contributed by atoms with van der Waals surface area (Å²) in [5.74, 6) is 0.438. The van der Waals surface area contributed by atoms with E-state index in [-0.39, 0.29) is 29.9 Å². The van der Waals surface area contributed by atoms with Gasteiger partial charge in [-0.1, -0.05) is 24.3 Å². The molecule has 2 fully saturated rings. The molecule has 0 bridgehead atoms. The minimum Gasteiger partial charge on any atom is -0.451 e. The van der Waals surface area contributed by atoms with Gasteiger partial charge in [0.2, 0.25) is 0 Å². The molecule has 0 unspecified atom stereocenters. The topological polar surface area (TPSA) is 119 Å². The Labute approximate surface area is 233 Å². The van der Waals surface area contributed by atoms with Gasteiger partial charge < -0.3 is 19.0 Å². The van der Waals surface area contributed by atoms with E-state index in [4.69, 9.17) is 9.15 Å². The third-order valence-electron chi connectivity index (χ3n) is 7.14. The van der Waals surface area contributed by atoms with Crippen molar-refractivity contribution in [2.75, 3.05) is 13.1 Å². The number of nitrogens with zero attached hydrogens (tertiary/aromatic N) is 5. The summed E-state index contributed by atoms with van der Waals surface area (Å²) >= 11 is 0. The third-order valence-corrected chi connectivity index (χ3v) is 7.14. The Kier molecular flexibility index (Phi) is 7.95. The molecule has 2 aliphatic rings. The number of piperidine rings is 1. The summed E-state index contributed by atoms with van der Waals surface area (Å²) in [5, 5.41) is 0. The number of aromatic nitrogens is 3. The van der Waals surface area contributed by atoms with Gasteiger partial charge in [-0.05, 0) is 46.5 Å². The molecule has 3 aromatic rings. The van der Waals surface area contributed by atoms with Crippen LogP contribution in [0.1, 0.15) is 79.3 Å². The van der Waals surface area contributed by atoms with Crippen molar-refractivity contribution in [2.24, 2.45) is 0 Å². The maximum absolute atomic E-state index is 13.5. The van der Waals surface area contributed by atoms with E-state index in [1.54, 1.807) is 35.7 Å². The monoisotopic (exact) mass is 545 g/mol. The largest absolute Gasteiger partial charge is 0.451 e. The number of amides is 2. The van der Waals surface area contributed by atoms with Gasteiger partial charge in [0.25, 0.3) is 5.91 Å². The molecule has 0 atom stereocenters. The highest BCUT2D eigenvalue weighted by Gasteiger charge is 2.40. The third kappa shape index (κ3) is 6.73. The zero-order chi connectivity index (χ0) is 28.3. The van der Waals surface area contributed by atoms with Gasteiger partial charge in [0.15, 0.2) is 18.0 Å².